The van der Waals surface area contributed by atoms with Gasteiger partial charge in [0, 0.05) is 4.88 Å². The molecule has 2 rings (SSSR count). The highest BCUT2D eigenvalue weighted by molar-refractivity contribution is 9.11. The summed E-state index contributed by atoms with van der Waals surface area (Å²) in [6, 6.07) is 2.76. The Morgan fingerprint density at radius 2 is 2.11 bits per heavy atom. The van der Waals surface area contributed by atoms with Gasteiger partial charge in [-0.1, -0.05) is 31.4 Å². The van der Waals surface area contributed by atoms with Gasteiger partial charge in [0.1, 0.15) is 0 Å². The van der Waals surface area contributed by atoms with Gasteiger partial charge in [0.2, 0.25) is 0 Å². The van der Waals surface area contributed by atoms with Crippen molar-refractivity contribution in [2.24, 2.45) is 0 Å². The molecule has 1 unspecified atom stereocenters. The molecule has 0 amide bonds. The average Bonchev–Trinajstić information content (AvgIpc) is 2.67. The fraction of sp³-hybridized carbons (Fsp3) is 0.625. The maximum Gasteiger partial charge on any atom is 0.0731 e. The summed E-state index contributed by atoms with van der Waals surface area (Å²) in [7, 11) is 0. The van der Waals surface area contributed by atoms with Gasteiger partial charge >= 0.3 is 0 Å². The molecular formula is C16H24BrNS. The Bertz CT molecular complexity index is 416. The first-order chi connectivity index (χ1) is 9.22. The molecule has 19 heavy (non-hydrogen) atoms. The lowest BCUT2D eigenvalue weighted by molar-refractivity contribution is 0.558. The molecule has 0 bridgehead atoms. The number of hydrogen-bond donors (Lipinski definition) is 1. The number of allylic oxidation sites excluding steroid dienone is 1. The van der Waals surface area contributed by atoms with E-state index in [9.17, 15) is 0 Å². The second-order valence-electron chi connectivity index (χ2n) is 5.33. The Labute approximate surface area is 129 Å². The molecule has 0 saturated carbocycles. The highest BCUT2D eigenvalue weighted by Gasteiger charge is 2.19. The molecule has 1 aliphatic rings. The second-order valence-corrected chi connectivity index (χ2v) is 7.73. The van der Waals surface area contributed by atoms with Crippen LogP contribution in [-0.2, 0) is 0 Å². The molecule has 106 valence electrons. The van der Waals surface area contributed by atoms with Gasteiger partial charge in [-0.05, 0) is 66.7 Å². The zero-order chi connectivity index (χ0) is 13.7. The van der Waals surface area contributed by atoms with E-state index in [1.807, 2.05) is 11.3 Å². The molecule has 1 aromatic rings. The maximum atomic E-state index is 3.68. The van der Waals surface area contributed by atoms with Gasteiger partial charge in [0.15, 0.2) is 0 Å². The fourth-order valence-electron chi connectivity index (χ4n) is 2.72. The van der Waals surface area contributed by atoms with Crippen LogP contribution in [0.2, 0.25) is 0 Å². The number of rotatable bonds is 4. The zero-order valence-electron chi connectivity index (χ0n) is 12.0. The Morgan fingerprint density at radius 3 is 2.79 bits per heavy atom. The number of aryl methyl sites for hydroxylation is 1. The van der Waals surface area contributed by atoms with Crippen LogP contribution >= 0.6 is 27.3 Å². The van der Waals surface area contributed by atoms with Crippen LogP contribution in [0.3, 0.4) is 0 Å². The Balaban J connectivity index is 2.22. The van der Waals surface area contributed by atoms with Gasteiger partial charge in [-0.25, -0.2) is 0 Å². The van der Waals surface area contributed by atoms with Crippen LogP contribution in [0, 0.1) is 6.92 Å². The number of hydrogen-bond acceptors (Lipinski definition) is 2. The van der Waals surface area contributed by atoms with Crippen LogP contribution in [0.1, 0.15) is 61.9 Å². The largest absolute Gasteiger partial charge is 0.306 e. The summed E-state index contributed by atoms with van der Waals surface area (Å²) in [5.41, 5.74) is 2.96. The van der Waals surface area contributed by atoms with Crippen molar-refractivity contribution in [1.29, 1.82) is 0 Å². The van der Waals surface area contributed by atoms with Gasteiger partial charge in [0.05, 0.1) is 9.83 Å². The molecule has 0 spiro atoms. The summed E-state index contributed by atoms with van der Waals surface area (Å²) in [4.78, 5) is 1.46. The van der Waals surface area contributed by atoms with Crippen molar-refractivity contribution in [3.05, 3.63) is 31.9 Å². The summed E-state index contributed by atoms with van der Waals surface area (Å²) in [5.74, 6) is 0. The van der Waals surface area contributed by atoms with Crippen LogP contribution in [-0.4, -0.2) is 6.54 Å². The van der Waals surface area contributed by atoms with E-state index in [2.05, 4.69) is 47.2 Å². The second kappa shape index (κ2) is 7.61. The molecule has 1 N–H and O–H groups in total. The Kier molecular flexibility index (Phi) is 6.11. The van der Waals surface area contributed by atoms with E-state index in [1.54, 1.807) is 5.57 Å². The molecule has 1 atom stereocenters. The van der Waals surface area contributed by atoms with Crippen LogP contribution in [0.25, 0.3) is 0 Å². The van der Waals surface area contributed by atoms with Gasteiger partial charge < -0.3 is 5.32 Å². The van der Waals surface area contributed by atoms with Crippen LogP contribution < -0.4 is 5.32 Å². The Hall–Kier alpha value is -0.120. The van der Waals surface area contributed by atoms with E-state index in [-0.39, 0.29) is 0 Å². The molecule has 1 heterocycles. The SMILES string of the molecule is CCNC(C1=CCCCCCC1)c1cc(C)c(Br)s1. The maximum absolute atomic E-state index is 3.68. The molecule has 0 fully saturated rings. The highest BCUT2D eigenvalue weighted by Crippen LogP contribution is 2.36. The summed E-state index contributed by atoms with van der Waals surface area (Å²) >= 11 is 5.54. The van der Waals surface area contributed by atoms with Crippen molar-refractivity contribution < 1.29 is 0 Å². The lowest BCUT2D eigenvalue weighted by Crippen LogP contribution is -2.22. The molecule has 0 aliphatic heterocycles. The van der Waals surface area contributed by atoms with E-state index in [0.717, 1.165) is 6.54 Å². The first-order valence-electron chi connectivity index (χ1n) is 7.40. The van der Waals surface area contributed by atoms with Gasteiger partial charge in [-0.2, -0.15) is 0 Å². The summed E-state index contributed by atoms with van der Waals surface area (Å²) in [6.07, 6.45) is 10.5. The van der Waals surface area contributed by atoms with E-state index in [0.29, 0.717) is 6.04 Å². The average molecular weight is 342 g/mol. The van der Waals surface area contributed by atoms with E-state index in [4.69, 9.17) is 0 Å². The molecule has 0 saturated heterocycles. The van der Waals surface area contributed by atoms with Crippen molar-refractivity contribution >= 4 is 27.3 Å². The number of likely N-dealkylation sites (N-methyl/N-ethyl adjacent to an activating group) is 1. The predicted octanol–water partition coefficient (Wildman–Crippen LogP) is 5.75. The molecule has 0 radical (unpaired) electrons. The standard InChI is InChI=1S/C16H24BrNS/c1-3-18-15(14-11-12(2)16(17)19-14)13-9-7-5-4-6-8-10-13/h9,11,15,18H,3-8,10H2,1-2H3. The van der Waals surface area contributed by atoms with Gasteiger partial charge in [-0.15, -0.1) is 11.3 Å². The van der Waals surface area contributed by atoms with Crippen molar-refractivity contribution in [2.45, 2.75) is 58.4 Å². The Morgan fingerprint density at radius 1 is 1.32 bits per heavy atom. The lowest BCUT2D eigenvalue weighted by atomic mass is 9.94. The summed E-state index contributed by atoms with van der Waals surface area (Å²) in [6.45, 7) is 5.40. The molecule has 3 heteroatoms. The van der Waals surface area contributed by atoms with Crippen molar-refractivity contribution in [2.75, 3.05) is 6.54 Å². The first kappa shape index (κ1) is 15.3. The van der Waals surface area contributed by atoms with Crippen LogP contribution in [0.5, 0.6) is 0 Å². The number of nitrogens with one attached hydrogen (secondary N) is 1. The van der Waals surface area contributed by atoms with E-state index in [1.165, 1.54) is 52.8 Å². The predicted molar refractivity (Wildman–Crippen MR) is 89.0 cm³/mol. The van der Waals surface area contributed by atoms with Crippen LogP contribution in [0.4, 0.5) is 0 Å². The minimum Gasteiger partial charge on any atom is -0.306 e. The molecule has 1 nitrogen and oxygen atoms in total. The van der Waals surface area contributed by atoms with Crippen molar-refractivity contribution in [3.63, 3.8) is 0 Å². The first-order valence-corrected chi connectivity index (χ1v) is 9.01. The minimum absolute atomic E-state index is 0.429. The minimum atomic E-state index is 0.429. The summed E-state index contributed by atoms with van der Waals surface area (Å²) < 4.78 is 1.27. The normalized spacial score (nSPS) is 18.6. The molecule has 0 aromatic carbocycles. The topological polar surface area (TPSA) is 12.0 Å². The fourth-order valence-corrected chi connectivity index (χ4v) is 4.41. The van der Waals surface area contributed by atoms with E-state index < -0.39 is 0 Å². The molecule has 1 aromatic heterocycles. The summed E-state index contributed by atoms with van der Waals surface area (Å²) in [5, 5.41) is 3.68. The van der Waals surface area contributed by atoms with Gasteiger partial charge in [0.25, 0.3) is 0 Å². The third-order valence-corrected chi connectivity index (χ3v) is 5.97. The molecular weight excluding hydrogens is 318 g/mol. The zero-order valence-corrected chi connectivity index (χ0v) is 14.4. The third kappa shape index (κ3) is 4.17. The van der Waals surface area contributed by atoms with Crippen molar-refractivity contribution in [3.8, 4) is 0 Å². The quantitative estimate of drug-likeness (QED) is 0.687. The van der Waals surface area contributed by atoms with E-state index >= 15 is 0 Å². The third-order valence-electron chi connectivity index (χ3n) is 3.77. The monoisotopic (exact) mass is 341 g/mol. The van der Waals surface area contributed by atoms with Gasteiger partial charge in [-0.3, -0.25) is 0 Å². The van der Waals surface area contributed by atoms with Crippen molar-refractivity contribution in [1.82, 2.24) is 5.32 Å². The molecule has 1 aliphatic carbocycles. The van der Waals surface area contributed by atoms with Crippen LogP contribution in [0.15, 0.2) is 21.5 Å². The number of halogens is 1. The number of thiophene rings is 1. The lowest BCUT2D eigenvalue weighted by Gasteiger charge is -2.22. The highest BCUT2D eigenvalue weighted by atomic mass is 79.9. The smallest absolute Gasteiger partial charge is 0.0731 e.